The van der Waals surface area contributed by atoms with E-state index in [2.05, 4.69) is 43.5 Å². The van der Waals surface area contributed by atoms with E-state index in [0.29, 0.717) is 10.8 Å². The van der Waals surface area contributed by atoms with Crippen molar-refractivity contribution in [3.05, 3.63) is 18.0 Å². The molecule has 0 bridgehead atoms. The summed E-state index contributed by atoms with van der Waals surface area (Å²) in [5.41, 5.74) is 2.21. The van der Waals surface area contributed by atoms with Crippen LogP contribution in [0.4, 0.5) is 0 Å². The van der Waals surface area contributed by atoms with E-state index >= 15 is 0 Å². The van der Waals surface area contributed by atoms with Crippen molar-refractivity contribution in [1.29, 1.82) is 0 Å². The summed E-state index contributed by atoms with van der Waals surface area (Å²) in [5.74, 6) is 13.8. The fourth-order valence-corrected chi connectivity index (χ4v) is 10.00. The number of hydrogen-bond donors (Lipinski definition) is 0. The van der Waals surface area contributed by atoms with Gasteiger partial charge in [0.2, 0.25) is 0 Å². The van der Waals surface area contributed by atoms with Crippen molar-refractivity contribution >= 4 is 0 Å². The molecule has 6 rings (SSSR count). The molecule has 5 saturated carbocycles. The Morgan fingerprint density at radius 3 is 2.67 bits per heavy atom. The minimum absolute atomic E-state index is 0.522. The second kappa shape index (κ2) is 8.46. The molecule has 0 spiro atoms. The maximum absolute atomic E-state index is 4.75. The lowest BCUT2D eigenvalue weighted by atomic mass is 9.48. The zero-order chi connectivity index (χ0) is 22.6. The topological polar surface area (TPSA) is 17.8 Å². The van der Waals surface area contributed by atoms with E-state index in [9.17, 15) is 0 Å². The summed E-state index contributed by atoms with van der Waals surface area (Å²) in [6, 6.07) is 0. The van der Waals surface area contributed by atoms with Crippen LogP contribution in [0.3, 0.4) is 0 Å². The summed E-state index contributed by atoms with van der Waals surface area (Å²) < 4.78 is 2.25. The number of aromatic nitrogens is 2. The normalized spacial score (nSPS) is 43.1. The van der Waals surface area contributed by atoms with Gasteiger partial charge in [-0.05, 0) is 123 Å². The van der Waals surface area contributed by atoms with Gasteiger partial charge in [0.05, 0.1) is 11.8 Å². The molecule has 180 valence electrons. The van der Waals surface area contributed by atoms with Gasteiger partial charge in [-0.3, -0.25) is 4.68 Å². The first kappa shape index (κ1) is 22.2. The molecule has 0 aliphatic heterocycles. The molecule has 8 unspecified atom stereocenters. The maximum atomic E-state index is 4.75. The molecule has 1 aromatic heterocycles. The molecule has 1 aromatic rings. The Kier molecular flexibility index (Phi) is 5.70. The van der Waals surface area contributed by atoms with Crippen molar-refractivity contribution in [2.24, 2.45) is 52.3 Å². The van der Waals surface area contributed by atoms with Crippen molar-refractivity contribution in [3.63, 3.8) is 0 Å². The number of fused-ring (bicyclic) bond motifs is 5. The molecular weight excluding hydrogens is 400 g/mol. The van der Waals surface area contributed by atoms with Crippen LogP contribution in [0.2, 0.25) is 0 Å². The minimum Gasteiger partial charge on any atom is -0.271 e. The molecule has 0 amide bonds. The summed E-state index contributed by atoms with van der Waals surface area (Å²) >= 11 is 0. The highest BCUT2D eigenvalue weighted by atomic mass is 15.3. The predicted molar refractivity (Wildman–Crippen MR) is 135 cm³/mol. The van der Waals surface area contributed by atoms with Gasteiger partial charge in [-0.15, -0.1) is 0 Å². The molecule has 1 heterocycles. The Balaban J connectivity index is 1.17. The van der Waals surface area contributed by atoms with Crippen LogP contribution in [0, 0.1) is 64.1 Å². The summed E-state index contributed by atoms with van der Waals surface area (Å²) in [6.07, 6.45) is 22.9. The van der Waals surface area contributed by atoms with Gasteiger partial charge in [0.1, 0.15) is 0 Å². The fraction of sp³-hybridized carbons (Fsp3) is 0.839. The molecule has 5 fully saturated rings. The summed E-state index contributed by atoms with van der Waals surface area (Å²) in [6.45, 7) is 8.58. The highest BCUT2D eigenvalue weighted by Crippen LogP contribution is 2.71. The summed E-state index contributed by atoms with van der Waals surface area (Å²) in [7, 11) is 0. The van der Waals surface area contributed by atoms with Gasteiger partial charge in [0.25, 0.3) is 0 Å². The number of rotatable bonds is 4. The maximum Gasteiger partial charge on any atom is 0.0646 e. The standard InChI is InChI=1S/C31H46N2/c1-4-5-6-7-23-19-32-33(20-23)21-31(16-17-31)29-13-12-28-27-11-9-24-18-22(2)8-10-25(24)26(27)14-15-30(28,29)3/h19-20,22,24-29H,4-5,8-18,21H2,1-3H3. The van der Waals surface area contributed by atoms with E-state index < -0.39 is 0 Å². The molecular formula is C31H46N2. The first-order valence-corrected chi connectivity index (χ1v) is 14.5. The quantitative estimate of drug-likeness (QED) is 0.433. The van der Waals surface area contributed by atoms with Gasteiger partial charge in [-0.25, -0.2) is 0 Å². The van der Waals surface area contributed by atoms with Crippen LogP contribution >= 0.6 is 0 Å². The van der Waals surface area contributed by atoms with Crippen molar-refractivity contribution in [1.82, 2.24) is 9.78 Å². The number of unbranched alkanes of at least 4 members (excludes halogenated alkanes) is 1. The molecule has 5 aliphatic rings. The van der Waals surface area contributed by atoms with E-state index in [-0.39, 0.29) is 0 Å². The van der Waals surface area contributed by atoms with Crippen LogP contribution in [-0.4, -0.2) is 9.78 Å². The smallest absolute Gasteiger partial charge is 0.0646 e. The third-order valence-electron chi connectivity index (χ3n) is 11.6. The highest BCUT2D eigenvalue weighted by molar-refractivity contribution is 5.29. The van der Waals surface area contributed by atoms with Gasteiger partial charge in [0, 0.05) is 19.2 Å². The van der Waals surface area contributed by atoms with Crippen LogP contribution in [-0.2, 0) is 6.54 Å². The Hall–Kier alpha value is -1.23. The SMILES string of the molecule is CCCC#Cc1cnn(CC2(C3CCC4C5CCC6CC(C)CCC6C5CCC43C)CC2)c1. The van der Waals surface area contributed by atoms with Gasteiger partial charge in [-0.1, -0.05) is 39.0 Å². The fourth-order valence-electron chi connectivity index (χ4n) is 10.00. The molecule has 8 atom stereocenters. The molecule has 0 saturated heterocycles. The molecule has 2 nitrogen and oxygen atoms in total. The van der Waals surface area contributed by atoms with E-state index in [1.165, 1.54) is 44.9 Å². The van der Waals surface area contributed by atoms with Crippen molar-refractivity contribution < 1.29 is 0 Å². The zero-order valence-corrected chi connectivity index (χ0v) is 21.5. The van der Waals surface area contributed by atoms with Gasteiger partial charge in [0.15, 0.2) is 0 Å². The Morgan fingerprint density at radius 1 is 1.00 bits per heavy atom. The Labute approximate surface area is 202 Å². The second-order valence-corrected chi connectivity index (χ2v) is 13.4. The lowest BCUT2D eigenvalue weighted by Gasteiger charge is -2.57. The van der Waals surface area contributed by atoms with Crippen molar-refractivity contribution in [2.45, 2.75) is 111 Å². The Morgan fingerprint density at radius 2 is 1.85 bits per heavy atom. The molecule has 5 aliphatic carbocycles. The highest BCUT2D eigenvalue weighted by Gasteiger charge is 2.64. The van der Waals surface area contributed by atoms with E-state index in [1.54, 1.807) is 25.7 Å². The molecule has 0 N–H and O–H groups in total. The second-order valence-electron chi connectivity index (χ2n) is 13.4. The lowest BCUT2D eigenvalue weighted by Crippen LogP contribution is -2.49. The monoisotopic (exact) mass is 446 g/mol. The largest absolute Gasteiger partial charge is 0.271 e. The van der Waals surface area contributed by atoms with E-state index in [1.807, 2.05) is 6.20 Å². The average Bonchev–Trinajstić information content (AvgIpc) is 3.27. The van der Waals surface area contributed by atoms with Crippen LogP contribution in [0.15, 0.2) is 12.4 Å². The molecule has 2 heteroatoms. The first-order chi connectivity index (χ1) is 16.0. The van der Waals surface area contributed by atoms with E-state index in [4.69, 9.17) is 5.10 Å². The first-order valence-electron chi connectivity index (χ1n) is 14.5. The minimum atomic E-state index is 0.522. The summed E-state index contributed by atoms with van der Waals surface area (Å²) in [4.78, 5) is 0. The molecule has 0 aromatic carbocycles. The number of hydrogen-bond acceptors (Lipinski definition) is 1. The average molecular weight is 447 g/mol. The van der Waals surface area contributed by atoms with Crippen molar-refractivity contribution in [3.8, 4) is 11.8 Å². The third-order valence-corrected chi connectivity index (χ3v) is 11.6. The van der Waals surface area contributed by atoms with Gasteiger partial charge < -0.3 is 0 Å². The zero-order valence-electron chi connectivity index (χ0n) is 21.5. The van der Waals surface area contributed by atoms with Gasteiger partial charge in [-0.2, -0.15) is 5.10 Å². The molecule has 33 heavy (non-hydrogen) atoms. The summed E-state index contributed by atoms with van der Waals surface area (Å²) in [5, 5.41) is 4.75. The molecule has 0 radical (unpaired) electrons. The van der Waals surface area contributed by atoms with Crippen LogP contribution in [0.5, 0.6) is 0 Å². The lowest BCUT2D eigenvalue weighted by molar-refractivity contribution is -0.0773. The third kappa shape index (κ3) is 3.81. The van der Waals surface area contributed by atoms with E-state index in [0.717, 1.165) is 66.4 Å². The number of nitrogens with zero attached hydrogens (tertiary/aromatic N) is 2. The Bertz CT molecular complexity index is 913. The van der Waals surface area contributed by atoms with Crippen LogP contribution < -0.4 is 0 Å². The van der Waals surface area contributed by atoms with Crippen molar-refractivity contribution in [2.75, 3.05) is 0 Å². The predicted octanol–water partition coefficient (Wildman–Crippen LogP) is 7.72. The van der Waals surface area contributed by atoms with Crippen LogP contribution in [0.1, 0.15) is 110 Å². The van der Waals surface area contributed by atoms with Gasteiger partial charge >= 0.3 is 0 Å². The van der Waals surface area contributed by atoms with Crippen LogP contribution in [0.25, 0.3) is 0 Å².